The molecule has 0 bridgehead atoms. The van der Waals surface area contributed by atoms with Gasteiger partial charge in [0, 0.05) is 6.92 Å². The Bertz CT molecular complexity index is 1140. The van der Waals surface area contributed by atoms with E-state index in [0.717, 1.165) is 37.7 Å². The second kappa shape index (κ2) is 14.5. The molecule has 1 saturated carbocycles. The third-order valence-electron chi connectivity index (χ3n) is 7.19. The van der Waals surface area contributed by atoms with Crippen molar-refractivity contribution in [3.63, 3.8) is 0 Å². The summed E-state index contributed by atoms with van der Waals surface area (Å²) in [4.78, 5) is 51.0. The number of carbonyl (C=O) groups is 4. The summed E-state index contributed by atoms with van der Waals surface area (Å²) in [5, 5.41) is 10.9. The van der Waals surface area contributed by atoms with Crippen LogP contribution >= 0.6 is 0 Å². The number of hydrogen-bond acceptors (Lipinski definition) is 6. The van der Waals surface area contributed by atoms with Crippen LogP contribution in [-0.2, 0) is 30.5 Å². The summed E-state index contributed by atoms with van der Waals surface area (Å²) in [6.45, 7) is 1.54. The number of nitrogens with one attached hydrogen (secondary N) is 4. The van der Waals surface area contributed by atoms with Crippen LogP contribution in [0.15, 0.2) is 60.7 Å². The van der Waals surface area contributed by atoms with Gasteiger partial charge in [-0.05, 0) is 30.0 Å². The molecule has 10 nitrogen and oxygen atoms in total. The highest BCUT2D eigenvalue weighted by atomic mass is 16.5. The van der Waals surface area contributed by atoms with Gasteiger partial charge in [0.2, 0.25) is 23.9 Å². The van der Waals surface area contributed by atoms with Crippen LogP contribution in [0.3, 0.4) is 0 Å². The summed E-state index contributed by atoms with van der Waals surface area (Å²) in [7, 11) is 0. The SMILES string of the molecule is CC(=O)NC(COCc1ccccc1)C(=O)NC(CC1CCCCC1)C(=O)NC1C(=O)NC1Oc1ccccc1. The fraction of sp³-hybridized carbons (Fsp3) is 0.467. The summed E-state index contributed by atoms with van der Waals surface area (Å²) in [5.41, 5.74) is 0.935. The molecular formula is C30H38N4O6. The van der Waals surface area contributed by atoms with Crippen LogP contribution in [0.2, 0.25) is 0 Å². The van der Waals surface area contributed by atoms with Gasteiger partial charge in [-0.2, -0.15) is 0 Å². The standard InChI is InChI=1S/C30H38N4O6/c1-20(35)31-25(19-39-18-22-13-7-3-8-14-22)28(37)32-24(17-21-11-5-2-6-12-21)27(36)33-26-29(38)34-30(26)40-23-15-9-4-10-16-23/h3-4,7-10,13-16,21,24-26,30H,2,5-6,11-12,17-19H2,1H3,(H,31,35)(H,32,37)(H,33,36)(H,34,38). The van der Waals surface area contributed by atoms with Crippen molar-refractivity contribution in [1.82, 2.24) is 21.3 Å². The average molecular weight is 551 g/mol. The van der Waals surface area contributed by atoms with Crippen molar-refractivity contribution in [2.45, 2.75) is 76.4 Å². The second-order valence-electron chi connectivity index (χ2n) is 10.4. The van der Waals surface area contributed by atoms with E-state index < -0.39 is 36.2 Å². The predicted octanol–water partition coefficient (Wildman–Crippen LogP) is 2.18. The molecular weight excluding hydrogens is 512 g/mol. The smallest absolute Gasteiger partial charge is 0.251 e. The normalized spacial score (nSPS) is 20.3. The highest BCUT2D eigenvalue weighted by molar-refractivity contribution is 5.96. The molecule has 4 N–H and O–H groups in total. The Morgan fingerprint density at radius 3 is 2.23 bits per heavy atom. The zero-order valence-corrected chi connectivity index (χ0v) is 22.8. The maximum absolute atomic E-state index is 13.5. The lowest BCUT2D eigenvalue weighted by molar-refractivity contribution is -0.144. The van der Waals surface area contributed by atoms with E-state index >= 15 is 0 Å². The fourth-order valence-corrected chi connectivity index (χ4v) is 5.05. The molecule has 0 spiro atoms. The highest BCUT2D eigenvalue weighted by Crippen LogP contribution is 2.27. The molecule has 4 amide bonds. The Kier molecular flexibility index (Phi) is 10.5. The Hall–Kier alpha value is -3.92. The number of amides is 4. The topological polar surface area (TPSA) is 135 Å². The molecule has 2 aromatic rings. The van der Waals surface area contributed by atoms with E-state index in [4.69, 9.17) is 9.47 Å². The van der Waals surface area contributed by atoms with Crippen LogP contribution in [-0.4, -0.2) is 54.6 Å². The Balaban J connectivity index is 1.40. The van der Waals surface area contributed by atoms with E-state index in [2.05, 4.69) is 21.3 Å². The van der Waals surface area contributed by atoms with Gasteiger partial charge in [0.15, 0.2) is 6.04 Å². The number of carbonyl (C=O) groups excluding carboxylic acids is 4. The van der Waals surface area contributed by atoms with Gasteiger partial charge < -0.3 is 30.7 Å². The molecule has 1 saturated heterocycles. The minimum absolute atomic E-state index is 0.0594. The largest absolute Gasteiger partial charge is 0.468 e. The molecule has 10 heteroatoms. The minimum Gasteiger partial charge on any atom is -0.468 e. The van der Waals surface area contributed by atoms with Crippen molar-refractivity contribution in [3.05, 3.63) is 66.2 Å². The summed E-state index contributed by atoms with van der Waals surface area (Å²) >= 11 is 0. The molecule has 2 aromatic carbocycles. The van der Waals surface area contributed by atoms with E-state index in [9.17, 15) is 19.2 Å². The molecule has 1 aliphatic carbocycles. The van der Waals surface area contributed by atoms with Gasteiger partial charge in [-0.1, -0.05) is 80.6 Å². The van der Waals surface area contributed by atoms with E-state index in [1.165, 1.54) is 6.92 Å². The average Bonchev–Trinajstić information content (AvgIpc) is 2.96. The number of hydrogen-bond donors (Lipinski definition) is 4. The molecule has 1 heterocycles. The predicted molar refractivity (Wildman–Crippen MR) is 148 cm³/mol. The molecule has 0 aromatic heterocycles. The fourth-order valence-electron chi connectivity index (χ4n) is 5.05. The summed E-state index contributed by atoms with van der Waals surface area (Å²) in [6, 6.07) is 15.7. The summed E-state index contributed by atoms with van der Waals surface area (Å²) < 4.78 is 11.5. The van der Waals surface area contributed by atoms with E-state index in [1.54, 1.807) is 12.1 Å². The molecule has 4 unspecified atom stereocenters. The summed E-state index contributed by atoms with van der Waals surface area (Å²) in [6.07, 6.45) is 4.97. The van der Waals surface area contributed by atoms with Crippen LogP contribution in [0.1, 0.15) is 51.0 Å². The monoisotopic (exact) mass is 550 g/mol. The van der Waals surface area contributed by atoms with Crippen molar-refractivity contribution >= 4 is 23.6 Å². The van der Waals surface area contributed by atoms with E-state index in [1.807, 2.05) is 48.5 Å². The third kappa shape index (κ3) is 8.54. The molecule has 2 fully saturated rings. The van der Waals surface area contributed by atoms with Gasteiger partial charge in [-0.3, -0.25) is 19.2 Å². The van der Waals surface area contributed by atoms with Gasteiger partial charge in [-0.25, -0.2) is 0 Å². The molecule has 4 rings (SSSR count). The van der Waals surface area contributed by atoms with Crippen LogP contribution in [0.25, 0.3) is 0 Å². The third-order valence-corrected chi connectivity index (χ3v) is 7.19. The molecule has 40 heavy (non-hydrogen) atoms. The van der Waals surface area contributed by atoms with E-state index in [-0.39, 0.29) is 30.9 Å². The quantitative estimate of drug-likeness (QED) is 0.283. The van der Waals surface area contributed by atoms with Gasteiger partial charge in [0.25, 0.3) is 5.91 Å². The van der Waals surface area contributed by atoms with Crippen molar-refractivity contribution in [2.24, 2.45) is 5.92 Å². The Labute approximate surface area is 234 Å². The lowest BCUT2D eigenvalue weighted by Crippen LogP contribution is -2.72. The van der Waals surface area contributed by atoms with Gasteiger partial charge in [0.1, 0.15) is 17.8 Å². The number of para-hydroxylation sites is 1. The summed E-state index contributed by atoms with van der Waals surface area (Å²) in [5.74, 6) is -0.898. The van der Waals surface area contributed by atoms with Crippen molar-refractivity contribution < 1.29 is 28.7 Å². The molecule has 1 aliphatic heterocycles. The molecule has 2 aliphatic rings. The van der Waals surface area contributed by atoms with Crippen molar-refractivity contribution in [2.75, 3.05) is 6.61 Å². The minimum atomic E-state index is -0.982. The van der Waals surface area contributed by atoms with Crippen LogP contribution < -0.4 is 26.0 Å². The van der Waals surface area contributed by atoms with Gasteiger partial charge in [-0.15, -0.1) is 0 Å². The first kappa shape index (κ1) is 29.1. The van der Waals surface area contributed by atoms with Crippen LogP contribution in [0.4, 0.5) is 0 Å². The van der Waals surface area contributed by atoms with Crippen molar-refractivity contribution in [3.8, 4) is 5.75 Å². The highest BCUT2D eigenvalue weighted by Gasteiger charge is 2.43. The number of rotatable bonds is 13. The Morgan fingerprint density at radius 1 is 0.900 bits per heavy atom. The second-order valence-corrected chi connectivity index (χ2v) is 10.4. The van der Waals surface area contributed by atoms with Crippen molar-refractivity contribution in [1.29, 1.82) is 0 Å². The number of benzene rings is 2. The number of ether oxygens (including phenoxy) is 2. The first-order chi connectivity index (χ1) is 19.4. The molecule has 0 radical (unpaired) electrons. The molecule has 214 valence electrons. The van der Waals surface area contributed by atoms with Crippen LogP contribution in [0.5, 0.6) is 5.75 Å². The lowest BCUT2D eigenvalue weighted by Gasteiger charge is -2.37. The van der Waals surface area contributed by atoms with Crippen LogP contribution in [0, 0.1) is 5.92 Å². The zero-order chi connectivity index (χ0) is 28.3. The first-order valence-electron chi connectivity index (χ1n) is 13.9. The zero-order valence-electron chi connectivity index (χ0n) is 22.8. The van der Waals surface area contributed by atoms with E-state index in [0.29, 0.717) is 12.2 Å². The Morgan fingerprint density at radius 2 is 1.57 bits per heavy atom. The van der Waals surface area contributed by atoms with Gasteiger partial charge >= 0.3 is 0 Å². The maximum Gasteiger partial charge on any atom is 0.251 e. The lowest BCUT2D eigenvalue weighted by atomic mass is 9.84. The van der Waals surface area contributed by atoms with Gasteiger partial charge in [0.05, 0.1) is 13.2 Å². The number of β-lactam (4-membered cyclic amide) rings is 1. The molecule has 4 atom stereocenters. The maximum atomic E-state index is 13.5. The first-order valence-corrected chi connectivity index (χ1v) is 13.9.